The minimum Gasteiger partial charge on any atom is -0.393 e. The third-order valence-electron chi connectivity index (χ3n) is 2.55. The van der Waals surface area contributed by atoms with E-state index in [4.69, 9.17) is 5.73 Å². The van der Waals surface area contributed by atoms with E-state index in [1.165, 1.54) is 0 Å². The highest BCUT2D eigenvalue weighted by Gasteiger charge is 2.15. The second-order valence-corrected chi connectivity index (χ2v) is 4.41. The van der Waals surface area contributed by atoms with E-state index in [2.05, 4.69) is 20.8 Å². The van der Waals surface area contributed by atoms with Crippen molar-refractivity contribution >= 4 is 5.69 Å². The molecule has 86 valence electrons. The van der Waals surface area contributed by atoms with E-state index in [1.54, 1.807) is 11.7 Å². The van der Waals surface area contributed by atoms with Crippen LogP contribution in [-0.4, -0.2) is 9.36 Å². The van der Waals surface area contributed by atoms with Crippen LogP contribution in [-0.2, 0) is 20.0 Å². The van der Waals surface area contributed by atoms with Crippen LogP contribution in [0.3, 0.4) is 0 Å². The fraction of sp³-hybridized carbons (Fsp3) is 0.727. The first-order valence-corrected chi connectivity index (χ1v) is 5.53. The molecule has 1 aromatic heterocycles. The van der Waals surface area contributed by atoms with E-state index < -0.39 is 0 Å². The molecule has 1 heterocycles. The highest BCUT2D eigenvalue weighted by atomic mass is 16.1. The molecule has 4 heteroatoms. The number of aromatic nitrogens is 2. The maximum atomic E-state index is 11.7. The second-order valence-electron chi connectivity index (χ2n) is 4.41. The lowest BCUT2D eigenvalue weighted by Gasteiger charge is -2.12. The molecule has 0 bridgehead atoms. The van der Waals surface area contributed by atoms with E-state index in [1.807, 2.05) is 4.68 Å². The molecule has 0 aromatic carbocycles. The number of nitrogens with zero attached hydrogens (tertiary/aromatic N) is 2. The lowest BCUT2D eigenvalue weighted by atomic mass is 10.1. The maximum Gasteiger partial charge on any atom is 0.289 e. The Morgan fingerprint density at radius 3 is 2.47 bits per heavy atom. The molecule has 0 saturated heterocycles. The summed E-state index contributed by atoms with van der Waals surface area (Å²) in [6, 6.07) is 0. The van der Waals surface area contributed by atoms with E-state index in [0.29, 0.717) is 11.6 Å². The van der Waals surface area contributed by atoms with Crippen LogP contribution in [0.15, 0.2) is 4.79 Å². The van der Waals surface area contributed by atoms with E-state index in [9.17, 15) is 4.79 Å². The molecule has 15 heavy (non-hydrogen) atoms. The standard InChI is InChI=1S/C11H21N3O/c1-5-6-14-9(7-8(2)3)10(12)11(15)13(14)4/h8H,5-7,12H2,1-4H3. The van der Waals surface area contributed by atoms with E-state index >= 15 is 0 Å². The van der Waals surface area contributed by atoms with Gasteiger partial charge in [0.1, 0.15) is 5.69 Å². The average molecular weight is 211 g/mol. The monoisotopic (exact) mass is 211 g/mol. The smallest absolute Gasteiger partial charge is 0.289 e. The van der Waals surface area contributed by atoms with Crippen molar-refractivity contribution < 1.29 is 0 Å². The summed E-state index contributed by atoms with van der Waals surface area (Å²) in [6.45, 7) is 7.21. The van der Waals surface area contributed by atoms with Crippen LogP contribution in [0.4, 0.5) is 5.69 Å². The second kappa shape index (κ2) is 4.55. The molecule has 1 aromatic rings. The number of rotatable bonds is 4. The van der Waals surface area contributed by atoms with Gasteiger partial charge >= 0.3 is 0 Å². The molecule has 4 nitrogen and oxygen atoms in total. The van der Waals surface area contributed by atoms with Gasteiger partial charge in [0.05, 0.1) is 5.69 Å². The normalized spacial score (nSPS) is 11.3. The summed E-state index contributed by atoms with van der Waals surface area (Å²) >= 11 is 0. The first kappa shape index (κ1) is 11.9. The first-order chi connectivity index (χ1) is 6.99. The molecule has 0 aliphatic carbocycles. The summed E-state index contributed by atoms with van der Waals surface area (Å²) in [6.07, 6.45) is 1.87. The van der Waals surface area contributed by atoms with E-state index in [-0.39, 0.29) is 5.56 Å². The van der Waals surface area contributed by atoms with Gasteiger partial charge in [-0.2, -0.15) is 0 Å². The van der Waals surface area contributed by atoms with Crippen molar-refractivity contribution in [3.63, 3.8) is 0 Å². The summed E-state index contributed by atoms with van der Waals surface area (Å²) in [5.41, 5.74) is 7.16. The Kier molecular flexibility index (Phi) is 3.61. The lowest BCUT2D eigenvalue weighted by molar-refractivity contribution is 0.461. The molecule has 1 rings (SSSR count). The highest BCUT2D eigenvalue weighted by molar-refractivity contribution is 5.41. The van der Waals surface area contributed by atoms with Gasteiger partial charge in [-0.3, -0.25) is 14.2 Å². The van der Waals surface area contributed by atoms with Gasteiger partial charge in [0.25, 0.3) is 5.56 Å². The number of anilines is 1. The summed E-state index contributed by atoms with van der Waals surface area (Å²) in [5.74, 6) is 0.511. The zero-order valence-electron chi connectivity index (χ0n) is 10.1. The van der Waals surface area contributed by atoms with Crippen LogP contribution >= 0.6 is 0 Å². The molecule has 0 radical (unpaired) electrons. The van der Waals surface area contributed by atoms with Crippen molar-refractivity contribution in [3.05, 3.63) is 16.0 Å². The molecule has 0 unspecified atom stereocenters. The van der Waals surface area contributed by atoms with Gasteiger partial charge in [0.15, 0.2) is 0 Å². The fourth-order valence-electron chi connectivity index (χ4n) is 1.83. The first-order valence-electron chi connectivity index (χ1n) is 5.53. The van der Waals surface area contributed by atoms with Crippen LogP contribution in [0.25, 0.3) is 0 Å². The summed E-state index contributed by atoms with van der Waals surface area (Å²) < 4.78 is 3.62. The fourth-order valence-corrected chi connectivity index (χ4v) is 1.83. The SMILES string of the molecule is CCCn1c(CC(C)C)c(N)c(=O)n1C. The number of nitrogens with two attached hydrogens (primary N) is 1. The molecule has 0 spiro atoms. The largest absolute Gasteiger partial charge is 0.393 e. The topological polar surface area (TPSA) is 52.9 Å². The Bertz CT molecular complexity index is 387. The Labute approximate surface area is 90.7 Å². The Morgan fingerprint density at radius 2 is 2.00 bits per heavy atom. The minimum atomic E-state index is -0.0703. The Hall–Kier alpha value is -1.19. The molecule has 0 aliphatic rings. The van der Waals surface area contributed by atoms with Gasteiger partial charge in [0, 0.05) is 13.6 Å². The van der Waals surface area contributed by atoms with Crippen molar-refractivity contribution in [2.75, 3.05) is 5.73 Å². The molecular formula is C11H21N3O. The van der Waals surface area contributed by atoms with Crippen molar-refractivity contribution in [2.24, 2.45) is 13.0 Å². The number of hydrogen-bond donors (Lipinski definition) is 1. The summed E-state index contributed by atoms with van der Waals surface area (Å²) in [4.78, 5) is 11.7. The number of hydrogen-bond acceptors (Lipinski definition) is 2. The van der Waals surface area contributed by atoms with Gasteiger partial charge in [-0.1, -0.05) is 20.8 Å². The summed E-state index contributed by atoms with van der Waals surface area (Å²) in [5, 5.41) is 0. The zero-order chi connectivity index (χ0) is 11.6. The summed E-state index contributed by atoms with van der Waals surface area (Å²) in [7, 11) is 1.78. The van der Waals surface area contributed by atoms with Crippen LogP contribution in [0.2, 0.25) is 0 Å². The van der Waals surface area contributed by atoms with E-state index in [0.717, 1.165) is 25.1 Å². The molecule has 2 N–H and O–H groups in total. The van der Waals surface area contributed by atoms with Gasteiger partial charge < -0.3 is 5.73 Å². The van der Waals surface area contributed by atoms with Crippen molar-refractivity contribution in [3.8, 4) is 0 Å². The predicted molar refractivity (Wildman–Crippen MR) is 62.9 cm³/mol. The minimum absolute atomic E-state index is 0.0703. The molecule has 0 aliphatic heterocycles. The quantitative estimate of drug-likeness (QED) is 0.818. The van der Waals surface area contributed by atoms with Crippen LogP contribution in [0.1, 0.15) is 32.9 Å². The maximum absolute atomic E-state index is 11.7. The highest BCUT2D eigenvalue weighted by Crippen LogP contribution is 2.14. The third kappa shape index (κ3) is 2.25. The predicted octanol–water partition coefficient (Wildman–Crippen LogP) is 1.38. The van der Waals surface area contributed by atoms with Gasteiger partial charge in [-0.05, 0) is 18.8 Å². The van der Waals surface area contributed by atoms with Gasteiger partial charge in [-0.25, -0.2) is 0 Å². The average Bonchev–Trinajstić information content (AvgIpc) is 2.35. The molecule has 0 saturated carbocycles. The number of nitrogen functional groups attached to an aromatic ring is 1. The van der Waals surface area contributed by atoms with Gasteiger partial charge in [0.2, 0.25) is 0 Å². The third-order valence-corrected chi connectivity index (χ3v) is 2.55. The zero-order valence-corrected chi connectivity index (χ0v) is 10.1. The molecular weight excluding hydrogens is 190 g/mol. The van der Waals surface area contributed by atoms with Gasteiger partial charge in [-0.15, -0.1) is 0 Å². The Morgan fingerprint density at radius 1 is 1.40 bits per heavy atom. The Balaban J connectivity index is 3.21. The van der Waals surface area contributed by atoms with Crippen LogP contribution in [0.5, 0.6) is 0 Å². The molecule has 0 amide bonds. The molecule has 0 atom stereocenters. The van der Waals surface area contributed by atoms with Crippen LogP contribution < -0.4 is 11.3 Å². The van der Waals surface area contributed by atoms with Crippen molar-refractivity contribution in [1.29, 1.82) is 0 Å². The van der Waals surface area contributed by atoms with Crippen LogP contribution in [0, 0.1) is 5.92 Å². The van der Waals surface area contributed by atoms with Crippen molar-refractivity contribution in [1.82, 2.24) is 9.36 Å². The van der Waals surface area contributed by atoms with Crippen molar-refractivity contribution in [2.45, 2.75) is 40.2 Å². The molecule has 0 fully saturated rings. The lowest BCUT2D eigenvalue weighted by Crippen LogP contribution is -2.20.